The summed E-state index contributed by atoms with van der Waals surface area (Å²) < 4.78 is 0. The predicted molar refractivity (Wildman–Crippen MR) is 81.1 cm³/mol. The fraction of sp³-hybridized carbons (Fsp3) is 0.529. The van der Waals surface area contributed by atoms with Gasteiger partial charge in [-0.15, -0.1) is 0 Å². The van der Waals surface area contributed by atoms with E-state index in [1.165, 1.54) is 0 Å². The number of ketones is 1. The van der Waals surface area contributed by atoms with Crippen LogP contribution in [0.2, 0.25) is 0 Å². The predicted octanol–water partition coefficient (Wildman–Crippen LogP) is 2.19. The number of aliphatic hydroxyl groups is 1. The van der Waals surface area contributed by atoms with Gasteiger partial charge in [0.1, 0.15) is 0 Å². The Morgan fingerprint density at radius 1 is 1.14 bits per heavy atom. The van der Waals surface area contributed by atoms with Gasteiger partial charge in [0.15, 0.2) is 0 Å². The van der Waals surface area contributed by atoms with Gasteiger partial charge in [-0.3, -0.25) is 9.59 Å². The number of hydrogen-bond donors (Lipinski definition) is 1. The second-order valence-electron chi connectivity index (χ2n) is 5.97. The molecule has 1 aromatic rings. The Morgan fingerprint density at radius 3 is 2.24 bits per heavy atom. The zero-order valence-corrected chi connectivity index (χ0v) is 12.7. The van der Waals surface area contributed by atoms with Gasteiger partial charge < -0.3 is 10.0 Å². The van der Waals surface area contributed by atoms with Crippen LogP contribution in [0.25, 0.3) is 0 Å². The molecule has 0 heterocycles. The third kappa shape index (κ3) is 3.70. The summed E-state index contributed by atoms with van der Waals surface area (Å²) in [7, 11) is 1.71. The van der Waals surface area contributed by atoms with Gasteiger partial charge in [-0.25, -0.2) is 0 Å². The maximum Gasteiger partial charge on any atom is 0.294 e. The zero-order chi connectivity index (χ0) is 15.4. The number of likely N-dealkylation sites (N-methyl/N-ethyl adjacent to an activating group) is 1. The molecule has 0 spiro atoms. The van der Waals surface area contributed by atoms with Gasteiger partial charge in [0.2, 0.25) is 5.78 Å². The minimum Gasteiger partial charge on any atom is -0.396 e. The molecular weight excluding hydrogens is 266 g/mol. The molecule has 0 radical (unpaired) electrons. The maximum absolute atomic E-state index is 12.3. The molecule has 4 heteroatoms. The summed E-state index contributed by atoms with van der Waals surface area (Å²) in [6.45, 7) is 2.16. The lowest BCUT2D eigenvalue weighted by Gasteiger charge is -2.33. The quantitative estimate of drug-likeness (QED) is 0.683. The summed E-state index contributed by atoms with van der Waals surface area (Å²) in [5.74, 6) is -0.536. The number of carbonyl (C=O) groups is 2. The first kappa shape index (κ1) is 15.7. The van der Waals surface area contributed by atoms with Crippen molar-refractivity contribution >= 4 is 11.7 Å². The van der Waals surface area contributed by atoms with E-state index < -0.39 is 11.7 Å². The molecule has 0 aromatic heterocycles. The normalized spacial score (nSPS) is 21.9. The summed E-state index contributed by atoms with van der Waals surface area (Å²) in [5, 5.41) is 9.15. The second kappa shape index (κ2) is 6.85. The lowest BCUT2D eigenvalue weighted by molar-refractivity contribution is -0.128. The van der Waals surface area contributed by atoms with Crippen LogP contribution < -0.4 is 0 Å². The van der Waals surface area contributed by atoms with Crippen molar-refractivity contribution in [2.45, 2.75) is 38.6 Å². The third-order valence-corrected chi connectivity index (χ3v) is 4.45. The average Bonchev–Trinajstić information content (AvgIpc) is 2.53. The van der Waals surface area contributed by atoms with Crippen LogP contribution in [0.3, 0.4) is 0 Å². The average molecular weight is 289 g/mol. The second-order valence-corrected chi connectivity index (χ2v) is 5.97. The Bertz CT molecular complexity index is 501. The van der Waals surface area contributed by atoms with E-state index in [0.717, 1.165) is 31.2 Å². The molecule has 21 heavy (non-hydrogen) atoms. The molecule has 0 aliphatic heterocycles. The molecule has 1 aliphatic rings. The molecule has 1 aliphatic carbocycles. The molecule has 0 atom stereocenters. The number of aryl methyl sites for hydroxylation is 1. The minimum absolute atomic E-state index is 0.106. The highest BCUT2D eigenvalue weighted by molar-refractivity contribution is 6.42. The monoisotopic (exact) mass is 289 g/mol. The van der Waals surface area contributed by atoms with Crippen molar-refractivity contribution in [3.8, 4) is 0 Å². The van der Waals surface area contributed by atoms with E-state index in [1.807, 2.05) is 19.1 Å². The van der Waals surface area contributed by atoms with Gasteiger partial charge in [-0.1, -0.05) is 29.8 Å². The van der Waals surface area contributed by atoms with E-state index in [0.29, 0.717) is 11.5 Å². The van der Waals surface area contributed by atoms with Crippen LogP contribution in [-0.2, 0) is 4.79 Å². The number of benzene rings is 1. The van der Waals surface area contributed by atoms with Crippen LogP contribution in [0.4, 0.5) is 0 Å². The van der Waals surface area contributed by atoms with Crippen molar-refractivity contribution in [2.75, 3.05) is 13.7 Å². The van der Waals surface area contributed by atoms with Crippen molar-refractivity contribution < 1.29 is 14.7 Å². The summed E-state index contributed by atoms with van der Waals surface area (Å²) in [4.78, 5) is 26.1. The van der Waals surface area contributed by atoms with Crippen LogP contribution in [0, 0.1) is 12.8 Å². The van der Waals surface area contributed by atoms with Crippen molar-refractivity contribution in [1.82, 2.24) is 4.90 Å². The molecule has 0 unspecified atom stereocenters. The van der Waals surface area contributed by atoms with Crippen molar-refractivity contribution in [1.29, 1.82) is 0 Å². The van der Waals surface area contributed by atoms with E-state index in [1.54, 1.807) is 24.1 Å². The Labute approximate surface area is 125 Å². The number of carbonyl (C=O) groups excluding carboxylic acids is 2. The van der Waals surface area contributed by atoms with E-state index in [2.05, 4.69) is 0 Å². The molecule has 114 valence electrons. The molecule has 0 saturated heterocycles. The lowest BCUT2D eigenvalue weighted by atomic mass is 9.86. The van der Waals surface area contributed by atoms with Crippen LogP contribution in [-0.4, -0.2) is 41.4 Å². The largest absolute Gasteiger partial charge is 0.396 e. The smallest absolute Gasteiger partial charge is 0.294 e. The third-order valence-electron chi connectivity index (χ3n) is 4.45. The van der Waals surface area contributed by atoms with E-state index in [-0.39, 0.29) is 12.6 Å². The highest BCUT2D eigenvalue weighted by Crippen LogP contribution is 2.27. The standard InChI is InChI=1S/C17H23NO3/c1-12-3-7-14(8-4-12)16(20)17(21)18(2)15-9-5-13(11-19)6-10-15/h3-4,7-8,13,15,19H,5-6,9-11H2,1-2H3. The number of hydrogen-bond acceptors (Lipinski definition) is 3. The molecule has 1 amide bonds. The number of rotatable bonds is 4. The van der Waals surface area contributed by atoms with Crippen molar-refractivity contribution in [2.24, 2.45) is 5.92 Å². The first-order valence-corrected chi connectivity index (χ1v) is 7.52. The number of Topliss-reactive ketones (excluding diaryl/α,β-unsaturated/α-hetero) is 1. The summed E-state index contributed by atoms with van der Waals surface area (Å²) >= 11 is 0. The van der Waals surface area contributed by atoms with Gasteiger partial charge in [-0.05, 0) is 38.5 Å². The summed E-state index contributed by atoms with van der Waals surface area (Å²) in [5.41, 5.74) is 1.51. The topological polar surface area (TPSA) is 57.6 Å². The molecular formula is C17H23NO3. The number of amides is 1. The number of aliphatic hydroxyl groups excluding tert-OH is 1. The molecule has 0 bridgehead atoms. The summed E-state index contributed by atoms with van der Waals surface area (Å²) in [6.07, 6.45) is 3.54. The maximum atomic E-state index is 12.3. The van der Waals surface area contributed by atoms with Crippen LogP contribution in [0.15, 0.2) is 24.3 Å². The fourth-order valence-electron chi connectivity index (χ4n) is 2.87. The fourth-order valence-corrected chi connectivity index (χ4v) is 2.87. The van der Waals surface area contributed by atoms with Crippen molar-refractivity contribution in [3.63, 3.8) is 0 Å². The van der Waals surface area contributed by atoms with Crippen LogP contribution in [0.1, 0.15) is 41.6 Å². The minimum atomic E-state index is -0.443. The van der Waals surface area contributed by atoms with Crippen LogP contribution in [0.5, 0.6) is 0 Å². The Balaban J connectivity index is 1.99. The first-order valence-electron chi connectivity index (χ1n) is 7.52. The molecule has 4 nitrogen and oxygen atoms in total. The Morgan fingerprint density at radius 2 is 1.71 bits per heavy atom. The molecule has 1 N–H and O–H groups in total. The van der Waals surface area contributed by atoms with E-state index >= 15 is 0 Å². The highest BCUT2D eigenvalue weighted by Gasteiger charge is 2.29. The van der Waals surface area contributed by atoms with Gasteiger partial charge in [0.05, 0.1) is 0 Å². The van der Waals surface area contributed by atoms with Gasteiger partial charge >= 0.3 is 0 Å². The van der Waals surface area contributed by atoms with E-state index in [9.17, 15) is 9.59 Å². The van der Waals surface area contributed by atoms with Crippen molar-refractivity contribution in [3.05, 3.63) is 35.4 Å². The number of nitrogens with zero attached hydrogens (tertiary/aromatic N) is 1. The summed E-state index contributed by atoms with van der Waals surface area (Å²) in [6, 6.07) is 7.19. The van der Waals surface area contributed by atoms with Crippen LogP contribution >= 0.6 is 0 Å². The molecule has 2 rings (SSSR count). The molecule has 1 fully saturated rings. The SMILES string of the molecule is Cc1ccc(C(=O)C(=O)N(C)C2CCC(CO)CC2)cc1. The van der Waals surface area contributed by atoms with E-state index in [4.69, 9.17) is 5.11 Å². The van der Waals surface area contributed by atoms with Gasteiger partial charge in [0, 0.05) is 25.3 Å². The Hall–Kier alpha value is -1.68. The van der Waals surface area contributed by atoms with Gasteiger partial charge in [-0.2, -0.15) is 0 Å². The molecule has 1 saturated carbocycles. The Kier molecular flexibility index (Phi) is 5.12. The first-order chi connectivity index (χ1) is 10.0. The zero-order valence-electron chi connectivity index (χ0n) is 12.7. The highest BCUT2D eigenvalue weighted by atomic mass is 16.3. The van der Waals surface area contributed by atoms with Gasteiger partial charge in [0.25, 0.3) is 5.91 Å². The molecule has 1 aromatic carbocycles. The lowest BCUT2D eigenvalue weighted by Crippen LogP contribution is -2.43.